The maximum Gasteiger partial charge on any atom is 0.266 e. The Hall–Kier alpha value is -2.70. The number of nitrogen functional groups attached to an aromatic ring is 1. The molecule has 5 nitrogen and oxygen atoms in total. The van der Waals surface area contributed by atoms with Gasteiger partial charge in [0.05, 0.1) is 10.6 Å². The van der Waals surface area contributed by atoms with Crippen LogP contribution in [-0.2, 0) is 10.4 Å². The van der Waals surface area contributed by atoms with E-state index in [0.29, 0.717) is 27.0 Å². The average Bonchev–Trinajstić information content (AvgIpc) is 3.09. The molecule has 6 heteroatoms. The van der Waals surface area contributed by atoms with Gasteiger partial charge < -0.3 is 16.2 Å². The van der Waals surface area contributed by atoms with Crippen molar-refractivity contribution in [3.63, 3.8) is 0 Å². The monoisotopic (exact) mass is 379 g/mol. The van der Waals surface area contributed by atoms with E-state index in [1.54, 1.807) is 0 Å². The van der Waals surface area contributed by atoms with Gasteiger partial charge in [-0.05, 0) is 62.1 Å². The first-order valence-electron chi connectivity index (χ1n) is 8.71. The molecule has 27 heavy (non-hydrogen) atoms. The standard InChI is InChI=1S/C21H21N3O2S/c1-10-7-13(4)16-15(8-10)23-19(25)21(16,26)18-17(24-20(22)27-18)14-6-5-11(2)12(3)9-14/h5-9,26H,1-4H3,(H2,22,24)(H,23,25)/t21-/m1/s1. The van der Waals surface area contributed by atoms with Gasteiger partial charge in [0.15, 0.2) is 5.13 Å². The summed E-state index contributed by atoms with van der Waals surface area (Å²) in [6, 6.07) is 9.79. The van der Waals surface area contributed by atoms with Gasteiger partial charge in [0.1, 0.15) is 0 Å². The summed E-state index contributed by atoms with van der Waals surface area (Å²) in [7, 11) is 0. The van der Waals surface area contributed by atoms with E-state index in [1.165, 1.54) is 0 Å². The third kappa shape index (κ3) is 2.56. The highest BCUT2D eigenvalue weighted by Crippen LogP contribution is 2.48. The van der Waals surface area contributed by atoms with Crippen molar-refractivity contribution in [1.82, 2.24) is 4.98 Å². The van der Waals surface area contributed by atoms with E-state index in [4.69, 9.17) is 5.73 Å². The summed E-state index contributed by atoms with van der Waals surface area (Å²) in [5.74, 6) is -0.472. The number of nitrogens with two attached hydrogens (primary N) is 1. The summed E-state index contributed by atoms with van der Waals surface area (Å²) in [5.41, 5.74) is 10.9. The van der Waals surface area contributed by atoms with Crippen molar-refractivity contribution in [3.8, 4) is 11.3 Å². The molecule has 0 spiro atoms. The van der Waals surface area contributed by atoms with Crippen LogP contribution in [0.3, 0.4) is 0 Å². The van der Waals surface area contributed by atoms with Gasteiger partial charge in [-0.15, -0.1) is 0 Å². The predicted octanol–water partition coefficient (Wildman–Crippen LogP) is 3.81. The third-order valence-corrected chi connectivity index (χ3v) is 6.16. The summed E-state index contributed by atoms with van der Waals surface area (Å²) in [6.45, 7) is 7.92. The number of aryl methyl sites for hydroxylation is 4. The van der Waals surface area contributed by atoms with Gasteiger partial charge >= 0.3 is 0 Å². The van der Waals surface area contributed by atoms with Gasteiger partial charge in [0.25, 0.3) is 5.91 Å². The largest absolute Gasteiger partial charge is 0.375 e. The number of carbonyl (C=O) groups is 1. The number of thiazole rings is 1. The molecule has 0 saturated heterocycles. The number of nitrogens with one attached hydrogen (secondary N) is 1. The number of carbonyl (C=O) groups excluding carboxylic acids is 1. The second-order valence-corrected chi connectivity index (χ2v) is 8.23. The zero-order valence-corrected chi connectivity index (χ0v) is 16.5. The molecule has 1 aliphatic heterocycles. The Morgan fingerprint density at radius 1 is 1.07 bits per heavy atom. The number of aromatic nitrogens is 1. The van der Waals surface area contributed by atoms with Gasteiger partial charge in [0, 0.05) is 16.8 Å². The summed E-state index contributed by atoms with van der Waals surface area (Å²) < 4.78 is 0. The molecule has 2 aromatic carbocycles. The van der Waals surface area contributed by atoms with Crippen LogP contribution >= 0.6 is 11.3 Å². The van der Waals surface area contributed by atoms with Crippen molar-refractivity contribution in [3.05, 3.63) is 63.0 Å². The molecular weight excluding hydrogens is 358 g/mol. The number of amides is 1. The molecule has 0 bridgehead atoms. The zero-order chi connectivity index (χ0) is 19.5. The van der Waals surface area contributed by atoms with Crippen LogP contribution in [-0.4, -0.2) is 16.0 Å². The summed E-state index contributed by atoms with van der Waals surface area (Å²) in [5, 5.41) is 14.8. The second-order valence-electron chi connectivity index (χ2n) is 7.20. The van der Waals surface area contributed by atoms with Crippen LogP contribution in [0.4, 0.5) is 10.8 Å². The number of hydrogen-bond donors (Lipinski definition) is 3. The number of fused-ring (bicyclic) bond motifs is 1. The Bertz CT molecular complexity index is 1100. The molecule has 0 fully saturated rings. The molecule has 138 valence electrons. The second kappa shape index (κ2) is 5.90. The molecule has 3 aromatic rings. The van der Waals surface area contributed by atoms with Crippen LogP contribution in [0.15, 0.2) is 30.3 Å². The molecule has 4 N–H and O–H groups in total. The van der Waals surface area contributed by atoms with Crippen molar-refractivity contribution in [2.45, 2.75) is 33.3 Å². The SMILES string of the molecule is Cc1cc(C)c2c(c1)NC(=O)[C@]2(O)c1sc(N)nc1-c1ccc(C)c(C)c1. The van der Waals surface area contributed by atoms with Crippen LogP contribution in [0.5, 0.6) is 0 Å². The molecule has 0 radical (unpaired) electrons. The topological polar surface area (TPSA) is 88.2 Å². The van der Waals surface area contributed by atoms with E-state index in [9.17, 15) is 9.90 Å². The van der Waals surface area contributed by atoms with Crippen molar-refractivity contribution in [1.29, 1.82) is 0 Å². The normalized spacial score (nSPS) is 18.5. The average molecular weight is 379 g/mol. The van der Waals surface area contributed by atoms with Gasteiger partial charge in [-0.3, -0.25) is 4.79 Å². The minimum Gasteiger partial charge on any atom is -0.375 e. The van der Waals surface area contributed by atoms with Crippen molar-refractivity contribution < 1.29 is 9.90 Å². The van der Waals surface area contributed by atoms with E-state index in [2.05, 4.69) is 10.3 Å². The Morgan fingerprint density at radius 2 is 1.81 bits per heavy atom. The van der Waals surface area contributed by atoms with Crippen LogP contribution in [0.25, 0.3) is 11.3 Å². The highest BCUT2D eigenvalue weighted by atomic mass is 32.1. The fraction of sp³-hybridized carbons (Fsp3) is 0.238. The quantitative estimate of drug-likeness (QED) is 0.632. The first kappa shape index (κ1) is 17.7. The number of anilines is 2. The Labute approximate surface area is 161 Å². The molecule has 0 aliphatic carbocycles. The van der Waals surface area contributed by atoms with Crippen molar-refractivity contribution in [2.75, 3.05) is 11.1 Å². The number of nitrogens with zero attached hydrogens (tertiary/aromatic N) is 1. The van der Waals surface area contributed by atoms with Gasteiger partial charge in [-0.1, -0.05) is 29.5 Å². The Kier molecular flexibility index (Phi) is 3.87. The molecule has 1 amide bonds. The smallest absolute Gasteiger partial charge is 0.266 e. The summed E-state index contributed by atoms with van der Waals surface area (Å²) >= 11 is 1.15. The fourth-order valence-corrected chi connectivity index (χ4v) is 4.70. The minimum absolute atomic E-state index is 0.317. The molecule has 0 saturated carbocycles. The number of aliphatic hydroxyl groups is 1. The lowest BCUT2D eigenvalue weighted by atomic mass is 9.87. The lowest BCUT2D eigenvalue weighted by Gasteiger charge is -2.22. The highest BCUT2D eigenvalue weighted by molar-refractivity contribution is 7.16. The summed E-state index contributed by atoms with van der Waals surface area (Å²) in [4.78, 5) is 17.8. The van der Waals surface area contributed by atoms with Crippen molar-refractivity contribution in [2.24, 2.45) is 0 Å². The first-order valence-corrected chi connectivity index (χ1v) is 9.53. The van der Waals surface area contributed by atoms with Gasteiger partial charge in [-0.25, -0.2) is 4.98 Å². The van der Waals surface area contributed by atoms with Crippen LogP contribution in [0.2, 0.25) is 0 Å². The van der Waals surface area contributed by atoms with Crippen molar-refractivity contribution >= 4 is 28.1 Å². The maximum atomic E-state index is 12.9. The van der Waals surface area contributed by atoms with E-state index in [0.717, 1.165) is 39.2 Å². The highest BCUT2D eigenvalue weighted by Gasteiger charge is 2.51. The molecule has 0 unspecified atom stereocenters. The van der Waals surface area contributed by atoms with E-state index < -0.39 is 11.5 Å². The Balaban J connectivity index is 1.98. The third-order valence-electron chi connectivity index (χ3n) is 5.17. The number of hydrogen-bond acceptors (Lipinski definition) is 5. The molecule has 2 heterocycles. The maximum absolute atomic E-state index is 12.9. The van der Waals surface area contributed by atoms with E-state index in [1.807, 2.05) is 58.0 Å². The van der Waals surface area contributed by atoms with Crippen LogP contribution in [0, 0.1) is 27.7 Å². The van der Waals surface area contributed by atoms with E-state index >= 15 is 0 Å². The van der Waals surface area contributed by atoms with Crippen LogP contribution < -0.4 is 11.1 Å². The molecule has 4 rings (SSSR count). The molecule has 1 atom stereocenters. The first-order chi connectivity index (χ1) is 12.7. The number of benzene rings is 2. The Morgan fingerprint density at radius 3 is 2.52 bits per heavy atom. The lowest BCUT2D eigenvalue weighted by Crippen LogP contribution is -2.35. The zero-order valence-electron chi connectivity index (χ0n) is 15.7. The fourth-order valence-electron chi connectivity index (χ4n) is 3.76. The van der Waals surface area contributed by atoms with Crippen LogP contribution in [0.1, 0.15) is 32.7 Å². The number of rotatable bonds is 2. The minimum atomic E-state index is -1.81. The lowest BCUT2D eigenvalue weighted by molar-refractivity contribution is -0.129. The van der Waals surface area contributed by atoms with E-state index in [-0.39, 0.29) is 0 Å². The predicted molar refractivity (Wildman–Crippen MR) is 109 cm³/mol. The molecular formula is C21H21N3O2S. The van der Waals surface area contributed by atoms with Gasteiger partial charge in [-0.2, -0.15) is 0 Å². The summed E-state index contributed by atoms with van der Waals surface area (Å²) in [6.07, 6.45) is 0. The van der Waals surface area contributed by atoms with Gasteiger partial charge in [0.2, 0.25) is 5.60 Å². The molecule has 1 aromatic heterocycles. The molecule has 1 aliphatic rings.